The van der Waals surface area contributed by atoms with Gasteiger partial charge in [-0.2, -0.15) is 0 Å². The molecule has 2 aromatic rings. The number of carboxylic acids is 1. The van der Waals surface area contributed by atoms with Gasteiger partial charge in [-0.1, -0.05) is 17.7 Å². The number of aromatic nitrogens is 1. The summed E-state index contributed by atoms with van der Waals surface area (Å²) < 4.78 is 5.92. The number of ether oxygens (including phenoxy) is 1. The van der Waals surface area contributed by atoms with Crippen LogP contribution in [0.2, 0.25) is 5.02 Å². The van der Waals surface area contributed by atoms with E-state index in [1.165, 1.54) is 0 Å². The summed E-state index contributed by atoms with van der Waals surface area (Å²) in [5.74, 6) is -0.248. The summed E-state index contributed by atoms with van der Waals surface area (Å²) in [5.41, 5.74) is 1.96. The molecule has 1 saturated heterocycles. The van der Waals surface area contributed by atoms with E-state index in [2.05, 4.69) is 9.88 Å². The van der Waals surface area contributed by atoms with E-state index in [4.69, 9.17) is 21.4 Å². The highest BCUT2D eigenvalue weighted by Crippen LogP contribution is 2.27. The maximum Gasteiger partial charge on any atom is 0.307 e. The molecule has 1 fully saturated rings. The van der Waals surface area contributed by atoms with Crippen LogP contribution in [0.3, 0.4) is 0 Å². The number of halogens is 1. The zero-order valence-corrected chi connectivity index (χ0v) is 13.9. The zero-order valence-electron chi connectivity index (χ0n) is 13.2. The molecule has 5 nitrogen and oxygen atoms in total. The van der Waals surface area contributed by atoms with E-state index in [0.717, 1.165) is 23.4 Å². The molecule has 2 heterocycles. The molecular weight excluding hydrogens is 328 g/mol. The molecule has 0 aliphatic carbocycles. The normalized spacial score (nSPS) is 17.8. The lowest BCUT2D eigenvalue weighted by Gasteiger charge is -2.18. The second kappa shape index (κ2) is 7.64. The smallest absolute Gasteiger partial charge is 0.307 e. The number of carboxylic acid groups (broad SMARTS) is 1. The van der Waals surface area contributed by atoms with Crippen molar-refractivity contribution in [3.8, 4) is 5.75 Å². The SMILES string of the molecule is O=C(O)C1CCN(Cc2cc(Cl)ccc2OCc2cccnc2)C1. The summed E-state index contributed by atoms with van der Waals surface area (Å²) in [6, 6.07) is 9.37. The minimum atomic E-state index is -0.725. The Balaban J connectivity index is 1.68. The van der Waals surface area contributed by atoms with E-state index in [1.54, 1.807) is 18.5 Å². The molecule has 0 spiro atoms. The van der Waals surface area contributed by atoms with Crippen LogP contribution >= 0.6 is 11.6 Å². The summed E-state index contributed by atoms with van der Waals surface area (Å²) in [6.45, 7) is 2.39. The second-order valence-electron chi connectivity index (χ2n) is 5.96. The number of pyridine rings is 1. The van der Waals surface area contributed by atoms with Gasteiger partial charge >= 0.3 is 5.97 Å². The molecule has 1 aromatic carbocycles. The molecule has 1 aromatic heterocycles. The maximum absolute atomic E-state index is 11.1. The molecule has 1 aliphatic rings. The quantitative estimate of drug-likeness (QED) is 0.870. The van der Waals surface area contributed by atoms with Gasteiger partial charge < -0.3 is 9.84 Å². The predicted molar refractivity (Wildman–Crippen MR) is 91.0 cm³/mol. The minimum absolute atomic E-state index is 0.288. The van der Waals surface area contributed by atoms with Gasteiger partial charge in [0.15, 0.2) is 0 Å². The number of rotatable bonds is 6. The molecule has 0 saturated carbocycles. The predicted octanol–water partition coefficient (Wildman–Crippen LogP) is 3.22. The first-order valence-corrected chi connectivity index (χ1v) is 8.25. The van der Waals surface area contributed by atoms with Crippen LogP contribution < -0.4 is 4.74 Å². The first kappa shape index (κ1) is 16.7. The molecule has 1 aliphatic heterocycles. The number of likely N-dealkylation sites (tertiary alicyclic amines) is 1. The van der Waals surface area contributed by atoms with Crippen molar-refractivity contribution >= 4 is 17.6 Å². The molecule has 1 unspecified atom stereocenters. The highest BCUT2D eigenvalue weighted by Gasteiger charge is 2.28. The zero-order chi connectivity index (χ0) is 16.9. The first-order valence-electron chi connectivity index (χ1n) is 7.87. The lowest BCUT2D eigenvalue weighted by Crippen LogP contribution is -2.23. The fourth-order valence-electron chi connectivity index (χ4n) is 2.88. The van der Waals surface area contributed by atoms with E-state index in [0.29, 0.717) is 31.1 Å². The van der Waals surface area contributed by atoms with Crippen molar-refractivity contribution in [2.45, 2.75) is 19.6 Å². The standard InChI is InChI=1S/C18H19ClN2O3/c19-16-3-4-17(24-12-13-2-1-6-20-9-13)15(8-16)11-21-7-5-14(10-21)18(22)23/h1-4,6,8-9,14H,5,7,10-12H2,(H,22,23). The Hall–Kier alpha value is -2.11. The molecule has 6 heteroatoms. The fraction of sp³-hybridized carbons (Fsp3) is 0.333. The minimum Gasteiger partial charge on any atom is -0.489 e. The van der Waals surface area contributed by atoms with Gasteiger partial charge in [-0.15, -0.1) is 0 Å². The van der Waals surface area contributed by atoms with Gasteiger partial charge in [0, 0.05) is 41.6 Å². The van der Waals surface area contributed by atoms with Crippen molar-refractivity contribution in [1.29, 1.82) is 0 Å². The van der Waals surface area contributed by atoms with E-state index >= 15 is 0 Å². The van der Waals surface area contributed by atoms with Gasteiger partial charge in [0.25, 0.3) is 0 Å². The number of carbonyl (C=O) groups is 1. The third-order valence-electron chi connectivity index (χ3n) is 4.16. The molecule has 0 radical (unpaired) electrons. The van der Waals surface area contributed by atoms with E-state index in [9.17, 15) is 4.79 Å². The molecular formula is C18H19ClN2O3. The topological polar surface area (TPSA) is 62.7 Å². The summed E-state index contributed by atoms with van der Waals surface area (Å²) in [4.78, 5) is 17.3. The van der Waals surface area contributed by atoms with Crippen molar-refractivity contribution in [3.63, 3.8) is 0 Å². The molecule has 0 amide bonds. The average molecular weight is 347 g/mol. The van der Waals surface area contributed by atoms with E-state index in [-0.39, 0.29) is 5.92 Å². The second-order valence-corrected chi connectivity index (χ2v) is 6.40. The molecule has 1 atom stereocenters. The number of hydrogen-bond acceptors (Lipinski definition) is 4. The van der Waals surface area contributed by atoms with Crippen LogP contribution in [0.25, 0.3) is 0 Å². The molecule has 0 bridgehead atoms. The van der Waals surface area contributed by atoms with Crippen molar-refractivity contribution in [3.05, 3.63) is 58.9 Å². The van der Waals surface area contributed by atoms with Crippen LogP contribution in [-0.4, -0.2) is 34.0 Å². The van der Waals surface area contributed by atoms with Gasteiger partial charge in [0.05, 0.1) is 5.92 Å². The number of nitrogens with zero attached hydrogens (tertiary/aromatic N) is 2. The molecule has 24 heavy (non-hydrogen) atoms. The van der Waals surface area contributed by atoms with Crippen molar-refractivity contribution in [2.75, 3.05) is 13.1 Å². The summed E-state index contributed by atoms with van der Waals surface area (Å²) >= 11 is 6.12. The summed E-state index contributed by atoms with van der Waals surface area (Å²) in [6.07, 6.45) is 4.18. The number of benzene rings is 1. The highest BCUT2D eigenvalue weighted by atomic mass is 35.5. The van der Waals surface area contributed by atoms with Crippen LogP contribution in [0.4, 0.5) is 0 Å². The van der Waals surface area contributed by atoms with Crippen LogP contribution in [0, 0.1) is 5.92 Å². The van der Waals surface area contributed by atoms with Gasteiger partial charge in [0.1, 0.15) is 12.4 Å². The van der Waals surface area contributed by atoms with Crippen molar-refractivity contribution in [1.82, 2.24) is 9.88 Å². The van der Waals surface area contributed by atoms with Crippen molar-refractivity contribution < 1.29 is 14.6 Å². The third-order valence-corrected chi connectivity index (χ3v) is 4.39. The van der Waals surface area contributed by atoms with E-state index < -0.39 is 5.97 Å². The summed E-state index contributed by atoms with van der Waals surface area (Å²) in [7, 11) is 0. The van der Waals surface area contributed by atoms with Gasteiger partial charge in [-0.05, 0) is 37.2 Å². The monoisotopic (exact) mass is 346 g/mol. The van der Waals surface area contributed by atoms with Gasteiger partial charge in [0.2, 0.25) is 0 Å². The van der Waals surface area contributed by atoms with Crippen LogP contribution in [0.1, 0.15) is 17.5 Å². The third kappa shape index (κ3) is 4.24. The highest BCUT2D eigenvalue weighted by molar-refractivity contribution is 6.30. The van der Waals surface area contributed by atoms with Crippen molar-refractivity contribution in [2.24, 2.45) is 5.92 Å². The Morgan fingerprint density at radius 3 is 3.00 bits per heavy atom. The Labute approximate surface area is 145 Å². The Kier molecular flexibility index (Phi) is 5.33. The fourth-order valence-corrected chi connectivity index (χ4v) is 3.07. The molecule has 3 rings (SSSR count). The van der Waals surface area contributed by atoms with Crippen LogP contribution in [-0.2, 0) is 17.9 Å². The maximum atomic E-state index is 11.1. The summed E-state index contributed by atoms with van der Waals surface area (Å²) in [5, 5.41) is 9.77. The van der Waals surface area contributed by atoms with E-state index in [1.807, 2.05) is 24.3 Å². The number of aliphatic carboxylic acids is 1. The Bertz CT molecular complexity index is 709. The lowest BCUT2D eigenvalue weighted by atomic mass is 10.1. The number of hydrogen-bond donors (Lipinski definition) is 1. The Morgan fingerprint density at radius 2 is 2.29 bits per heavy atom. The van der Waals surface area contributed by atoms with Gasteiger partial charge in [-0.25, -0.2) is 0 Å². The lowest BCUT2D eigenvalue weighted by molar-refractivity contribution is -0.141. The molecule has 126 valence electrons. The van der Waals surface area contributed by atoms with Crippen LogP contribution in [0.5, 0.6) is 5.75 Å². The first-order chi connectivity index (χ1) is 11.6. The largest absolute Gasteiger partial charge is 0.489 e. The van der Waals surface area contributed by atoms with Crippen LogP contribution in [0.15, 0.2) is 42.7 Å². The molecule has 1 N–H and O–H groups in total. The van der Waals surface area contributed by atoms with Gasteiger partial charge in [-0.3, -0.25) is 14.7 Å². The Morgan fingerprint density at radius 1 is 1.42 bits per heavy atom. The average Bonchev–Trinajstić information content (AvgIpc) is 3.04.